The number of nitrogens with one attached hydrogen (secondary N) is 1. The van der Waals surface area contributed by atoms with E-state index >= 15 is 0 Å². The van der Waals surface area contributed by atoms with Crippen LogP contribution in [0, 0.1) is 12.8 Å². The maximum Gasteiger partial charge on any atom is 0.318 e. The van der Waals surface area contributed by atoms with Gasteiger partial charge in [0.25, 0.3) is 0 Å². The first-order valence-corrected chi connectivity index (χ1v) is 7.45. The highest BCUT2D eigenvalue weighted by atomic mass is 32.1. The van der Waals surface area contributed by atoms with E-state index in [1.54, 1.807) is 16.2 Å². The summed E-state index contributed by atoms with van der Waals surface area (Å²) in [7, 11) is 0. The first-order chi connectivity index (χ1) is 8.97. The van der Waals surface area contributed by atoms with E-state index < -0.39 is 6.10 Å². The van der Waals surface area contributed by atoms with Gasteiger partial charge >= 0.3 is 6.03 Å². The molecular formula is C13H21N3O2S. The van der Waals surface area contributed by atoms with Crippen LogP contribution in [0.15, 0.2) is 6.20 Å². The predicted octanol–water partition coefficient (Wildman–Crippen LogP) is 1.92. The monoisotopic (exact) mass is 283 g/mol. The van der Waals surface area contributed by atoms with E-state index in [9.17, 15) is 9.90 Å². The molecule has 3 unspecified atom stereocenters. The average molecular weight is 283 g/mol. The van der Waals surface area contributed by atoms with Crippen molar-refractivity contribution in [2.45, 2.75) is 39.3 Å². The van der Waals surface area contributed by atoms with Crippen molar-refractivity contribution in [1.29, 1.82) is 0 Å². The number of aliphatic hydroxyl groups is 1. The summed E-state index contributed by atoms with van der Waals surface area (Å²) in [6, 6.07) is -0.214. The molecule has 2 N–H and O–H groups in total. The number of aryl methyl sites for hydroxylation is 1. The number of β-amino-alcohol motifs (C(OH)–C–C–N with tert-alkyl or cyclic N) is 1. The Morgan fingerprint density at radius 1 is 1.68 bits per heavy atom. The number of nitrogens with zero attached hydrogens (tertiary/aromatic N) is 2. The van der Waals surface area contributed by atoms with Gasteiger partial charge in [0.2, 0.25) is 0 Å². The molecule has 2 heterocycles. The number of hydrogen-bond donors (Lipinski definition) is 2. The summed E-state index contributed by atoms with van der Waals surface area (Å²) in [6.45, 7) is 7.06. The number of aliphatic hydroxyl groups excluding tert-OH is 1. The van der Waals surface area contributed by atoms with Crippen LogP contribution in [0.1, 0.15) is 36.2 Å². The van der Waals surface area contributed by atoms with Crippen molar-refractivity contribution in [3.05, 3.63) is 16.1 Å². The minimum atomic E-state index is -0.420. The molecule has 1 fully saturated rings. The zero-order valence-electron chi connectivity index (χ0n) is 11.6. The van der Waals surface area contributed by atoms with Crippen molar-refractivity contribution >= 4 is 17.4 Å². The molecule has 1 aromatic rings. The number of hydrogen-bond acceptors (Lipinski definition) is 4. The van der Waals surface area contributed by atoms with Gasteiger partial charge in [-0.25, -0.2) is 9.78 Å². The minimum Gasteiger partial charge on any atom is -0.391 e. The highest BCUT2D eigenvalue weighted by molar-refractivity contribution is 7.11. The molecule has 0 aliphatic carbocycles. The van der Waals surface area contributed by atoms with Crippen molar-refractivity contribution in [3.63, 3.8) is 0 Å². The van der Waals surface area contributed by atoms with Crippen LogP contribution >= 0.6 is 11.3 Å². The molecule has 2 rings (SSSR count). The number of carbonyl (C=O) groups is 1. The molecule has 106 valence electrons. The number of rotatable bonds is 2. The number of carbonyl (C=O) groups excluding carboxylic acids is 1. The molecule has 1 aliphatic rings. The zero-order chi connectivity index (χ0) is 14.0. The van der Waals surface area contributed by atoms with Crippen LogP contribution in [0.2, 0.25) is 0 Å². The maximum atomic E-state index is 12.1. The highest BCUT2D eigenvalue weighted by Crippen LogP contribution is 2.20. The van der Waals surface area contributed by atoms with Gasteiger partial charge in [-0.3, -0.25) is 0 Å². The summed E-state index contributed by atoms with van der Waals surface area (Å²) in [5, 5.41) is 13.7. The van der Waals surface area contributed by atoms with Gasteiger partial charge in [-0.2, -0.15) is 0 Å². The lowest BCUT2D eigenvalue weighted by Crippen LogP contribution is -2.50. The third kappa shape index (κ3) is 3.45. The van der Waals surface area contributed by atoms with E-state index in [1.807, 2.05) is 27.0 Å². The Bertz CT molecular complexity index is 449. The average Bonchev–Trinajstić information content (AvgIpc) is 2.79. The van der Waals surface area contributed by atoms with Gasteiger partial charge in [-0.15, -0.1) is 11.3 Å². The lowest BCUT2D eigenvalue weighted by atomic mass is 9.96. The van der Waals surface area contributed by atoms with E-state index in [0.717, 1.165) is 16.3 Å². The summed E-state index contributed by atoms with van der Waals surface area (Å²) >= 11 is 1.59. The van der Waals surface area contributed by atoms with Crippen molar-refractivity contribution in [3.8, 4) is 0 Å². The Morgan fingerprint density at radius 3 is 3.00 bits per heavy atom. The van der Waals surface area contributed by atoms with Crippen LogP contribution in [-0.4, -0.2) is 40.2 Å². The van der Waals surface area contributed by atoms with E-state index in [1.165, 1.54) is 0 Å². The third-order valence-electron chi connectivity index (χ3n) is 3.56. The van der Waals surface area contributed by atoms with Gasteiger partial charge in [-0.1, -0.05) is 6.92 Å². The SMILES string of the molecule is Cc1cnc(C(C)NC(=O)N2CCC(C)C(O)C2)s1. The standard InChI is InChI=1S/C13H21N3O2S/c1-8-4-5-16(7-11(8)17)13(18)15-10(3)12-14-6-9(2)19-12/h6,8,10-11,17H,4-5,7H2,1-3H3,(H,15,18). The smallest absolute Gasteiger partial charge is 0.318 e. The molecule has 0 spiro atoms. The Hall–Kier alpha value is -1.14. The van der Waals surface area contributed by atoms with E-state index in [-0.39, 0.29) is 18.0 Å². The van der Waals surface area contributed by atoms with E-state index in [2.05, 4.69) is 10.3 Å². The molecule has 5 nitrogen and oxygen atoms in total. The molecule has 1 aliphatic heterocycles. The van der Waals surface area contributed by atoms with Gasteiger partial charge in [0, 0.05) is 24.2 Å². The largest absolute Gasteiger partial charge is 0.391 e. The Balaban J connectivity index is 1.90. The van der Waals surface area contributed by atoms with Crippen molar-refractivity contribution in [2.75, 3.05) is 13.1 Å². The molecule has 3 atom stereocenters. The number of amides is 2. The Labute approximate surface area is 117 Å². The van der Waals surface area contributed by atoms with Gasteiger partial charge in [-0.05, 0) is 26.2 Å². The molecule has 0 aromatic carbocycles. The summed E-state index contributed by atoms with van der Waals surface area (Å²) in [5.41, 5.74) is 0. The molecule has 19 heavy (non-hydrogen) atoms. The Morgan fingerprint density at radius 2 is 2.42 bits per heavy atom. The zero-order valence-corrected chi connectivity index (χ0v) is 12.4. The second-order valence-electron chi connectivity index (χ2n) is 5.26. The van der Waals surface area contributed by atoms with Gasteiger partial charge in [0.15, 0.2) is 0 Å². The summed E-state index contributed by atoms with van der Waals surface area (Å²) in [4.78, 5) is 19.2. The minimum absolute atomic E-state index is 0.0947. The molecular weight excluding hydrogens is 262 g/mol. The maximum absolute atomic E-state index is 12.1. The Kier molecular flexibility index (Phi) is 4.42. The summed E-state index contributed by atoms with van der Waals surface area (Å²) in [5.74, 6) is 0.267. The topological polar surface area (TPSA) is 65.5 Å². The number of piperidine rings is 1. The molecule has 6 heteroatoms. The fraction of sp³-hybridized carbons (Fsp3) is 0.692. The highest BCUT2D eigenvalue weighted by Gasteiger charge is 2.28. The van der Waals surface area contributed by atoms with Crippen molar-refractivity contribution < 1.29 is 9.90 Å². The predicted molar refractivity (Wildman–Crippen MR) is 75.2 cm³/mol. The fourth-order valence-corrected chi connectivity index (χ4v) is 2.92. The van der Waals surface area contributed by atoms with Gasteiger partial charge in [0.1, 0.15) is 5.01 Å². The van der Waals surface area contributed by atoms with Crippen LogP contribution < -0.4 is 5.32 Å². The van der Waals surface area contributed by atoms with Crippen LogP contribution in [0.25, 0.3) is 0 Å². The van der Waals surface area contributed by atoms with Crippen molar-refractivity contribution in [2.24, 2.45) is 5.92 Å². The normalized spacial score (nSPS) is 25.2. The molecule has 1 saturated heterocycles. The molecule has 2 amide bonds. The molecule has 1 aromatic heterocycles. The lowest BCUT2D eigenvalue weighted by Gasteiger charge is -2.34. The molecule has 0 saturated carbocycles. The lowest BCUT2D eigenvalue weighted by molar-refractivity contribution is 0.0431. The summed E-state index contributed by atoms with van der Waals surface area (Å²) < 4.78 is 0. The second kappa shape index (κ2) is 5.88. The quantitative estimate of drug-likeness (QED) is 0.871. The van der Waals surface area contributed by atoms with Crippen LogP contribution in [0.3, 0.4) is 0 Å². The van der Waals surface area contributed by atoms with Crippen LogP contribution in [0.5, 0.6) is 0 Å². The number of urea groups is 1. The number of aromatic nitrogens is 1. The first-order valence-electron chi connectivity index (χ1n) is 6.63. The first kappa shape index (κ1) is 14.3. The van der Waals surface area contributed by atoms with Crippen LogP contribution in [-0.2, 0) is 0 Å². The van der Waals surface area contributed by atoms with E-state index in [0.29, 0.717) is 13.1 Å². The molecule has 0 bridgehead atoms. The van der Waals surface area contributed by atoms with Gasteiger partial charge < -0.3 is 15.3 Å². The number of thiazole rings is 1. The third-order valence-corrected chi connectivity index (χ3v) is 4.65. The van der Waals surface area contributed by atoms with Crippen molar-refractivity contribution in [1.82, 2.24) is 15.2 Å². The number of likely N-dealkylation sites (tertiary alicyclic amines) is 1. The van der Waals surface area contributed by atoms with Crippen LogP contribution in [0.4, 0.5) is 4.79 Å². The van der Waals surface area contributed by atoms with E-state index in [4.69, 9.17) is 0 Å². The molecule has 0 radical (unpaired) electrons. The fourth-order valence-electron chi connectivity index (χ4n) is 2.14. The summed E-state index contributed by atoms with van der Waals surface area (Å²) in [6.07, 6.45) is 2.24. The van der Waals surface area contributed by atoms with Gasteiger partial charge in [0.05, 0.1) is 12.1 Å². The second-order valence-corrected chi connectivity index (χ2v) is 6.53.